The molecule has 2 heteroatoms. The molecular weight excluding hydrogens is 390 g/mol. The van der Waals surface area contributed by atoms with E-state index in [9.17, 15) is 0 Å². The average molecular weight is 430 g/mol. The highest BCUT2D eigenvalue weighted by Crippen LogP contribution is 2.21. The monoisotopic (exact) mass is 429 g/mol. The lowest BCUT2D eigenvalue weighted by Crippen LogP contribution is -1.97. The largest absolute Gasteiger partial charge is 0.494 e. The Hall–Kier alpha value is -2.61. The van der Waals surface area contributed by atoms with E-state index in [-0.39, 0.29) is 0 Å². The summed E-state index contributed by atoms with van der Waals surface area (Å²) in [5.41, 5.74) is 6.30. The normalized spacial score (nSPS) is 10.9. The van der Waals surface area contributed by atoms with E-state index in [2.05, 4.69) is 62.4 Å². The van der Waals surface area contributed by atoms with Gasteiger partial charge in [-0.1, -0.05) is 76.3 Å². The van der Waals surface area contributed by atoms with Gasteiger partial charge < -0.3 is 4.74 Å². The summed E-state index contributed by atoms with van der Waals surface area (Å²) in [6, 6.07) is 21.8. The third-order valence-electron chi connectivity index (χ3n) is 6.04. The van der Waals surface area contributed by atoms with Gasteiger partial charge >= 0.3 is 0 Å². The Bertz CT molecular complexity index is 882. The molecule has 1 heterocycles. The molecule has 2 aromatic carbocycles. The number of aromatic nitrogens is 1. The van der Waals surface area contributed by atoms with Crippen LogP contribution in [0, 0.1) is 0 Å². The molecule has 3 aromatic rings. The first kappa shape index (κ1) is 24.0. The molecule has 3 rings (SSSR count). The Morgan fingerprint density at radius 2 is 1.22 bits per heavy atom. The summed E-state index contributed by atoms with van der Waals surface area (Å²) in [4.78, 5) is 4.70. The minimum Gasteiger partial charge on any atom is -0.494 e. The molecule has 0 fully saturated rings. The molecule has 0 unspecified atom stereocenters. The average Bonchev–Trinajstić information content (AvgIpc) is 2.85. The third-order valence-corrected chi connectivity index (χ3v) is 6.04. The second-order valence-corrected chi connectivity index (χ2v) is 8.76. The molecule has 0 N–H and O–H groups in total. The fourth-order valence-corrected chi connectivity index (χ4v) is 3.92. The topological polar surface area (TPSA) is 22.1 Å². The van der Waals surface area contributed by atoms with Gasteiger partial charge in [0, 0.05) is 11.8 Å². The molecule has 1 aromatic heterocycles. The van der Waals surface area contributed by atoms with E-state index in [4.69, 9.17) is 9.72 Å². The quantitative estimate of drug-likeness (QED) is 0.241. The summed E-state index contributed by atoms with van der Waals surface area (Å²) >= 11 is 0. The van der Waals surface area contributed by atoms with Gasteiger partial charge in [0.15, 0.2) is 0 Å². The van der Waals surface area contributed by atoms with Crippen molar-refractivity contribution in [3.63, 3.8) is 0 Å². The first-order valence-electron chi connectivity index (χ1n) is 12.5. The van der Waals surface area contributed by atoms with Crippen molar-refractivity contribution >= 4 is 0 Å². The number of aryl methyl sites for hydroxylation is 3. The van der Waals surface area contributed by atoms with Crippen LogP contribution in [0.2, 0.25) is 0 Å². The Kier molecular flexibility index (Phi) is 10.3. The molecule has 32 heavy (non-hydrogen) atoms. The first-order chi connectivity index (χ1) is 15.8. The highest BCUT2D eigenvalue weighted by atomic mass is 16.5. The predicted molar refractivity (Wildman–Crippen MR) is 136 cm³/mol. The molecule has 0 bridgehead atoms. The molecule has 0 amide bonds. The van der Waals surface area contributed by atoms with Crippen LogP contribution in [0.1, 0.15) is 75.5 Å². The number of unbranched alkanes of at least 4 members (excludes halogenated alkanes) is 5. The maximum Gasteiger partial charge on any atom is 0.119 e. The lowest BCUT2D eigenvalue weighted by molar-refractivity contribution is 0.306. The molecule has 0 saturated carbocycles. The van der Waals surface area contributed by atoms with Crippen LogP contribution in [0.4, 0.5) is 0 Å². The number of hydrogen-bond donors (Lipinski definition) is 0. The maximum atomic E-state index is 5.81. The van der Waals surface area contributed by atoms with Gasteiger partial charge in [-0.2, -0.15) is 0 Å². The minimum absolute atomic E-state index is 0.793. The van der Waals surface area contributed by atoms with Crippen molar-refractivity contribution in [1.82, 2.24) is 4.98 Å². The van der Waals surface area contributed by atoms with E-state index < -0.39 is 0 Å². The molecule has 0 radical (unpaired) electrons. The van der Waals surface area contributed by atoms with Gasteiger partial charge in [0.2, 0.25) is 0 Å². The van der Waals surface area contributed by atoms with E-state index in [1.165, 1.54) is 61.6 Å². The molecular formula is C30H39NO. The zero-order valence-corrected chi connectivity index (χ0v) is 20.0. The van der Waals surface area contributed by atoms with E-state index in [1.807, 2.05) is 18.3 Å². The second-order valence-electron chi connectivity index (χ2n) is 8.76. The van der Waals surface area contributed by atoms with Crippen LogP contribution in [-0.4, -0.2) is 11.6 Å². The Morgan fingerprint density at radius 1 is 0.594 bits per heavy atom. The van der Waals surface area contributed by atoms with Crippen LogP contribution >= 0.6 is 0 Å². The summed E-state index contributed by atoms with van der Waals surface area (Å²) in [7, 11) is 0. The van der Waals surface area contributed by atoms with Crippen molar-refractivity contribution in [2.24, 2.45) is 0 Å². The summed E-state index contributed by atoms with van der Waals surface area (Å²) in [5.74, 6) is 0.938. The van der Waals surface area contributed by atoms with Crippen molar-refractivity contribution in [3.05, 3.63) is 83.6 Å². The molecule has 170 valence electrons. The second kappa shape index (κ2) is 13.7. The Balaban J connectivity index is 1.45. The molecule has 0 saturated heterocycles. The number of hydrogen-bond acceptors (Lipinski definition) is 2. The van der Waals surface area contributed by atoms with Crippen LogP contribution in [0.25, 0.3) is 11.3 Å². The number of nitrogens with zero attached hydrogens (tertiary/aromatic N) is 1. The SMILES string of the molecule is CCCCCCc1ccc(CCc2ccc(-c3ccc(OCCCCC)cc3)nc2)cc1. The van der Waals surface area contributed by atoms with Crippen LogP contribution in [0.3, 0.4) is 0 Å². The fraction of sp³-hybridized carbons (Fsp3) is 0.433. The summed E-state index contributed by atoms with van der Waals surface area (Å²) in [6.07, 6.45) is 14.2. The van der Waals surface area contributed by atoms with Crippen LogP contribution in [-0.2, 0) is 19.3 Å². The predicted octanol–water partition coefficient (Wildman–Crippen LogP) is 8.23. The molecule has 2 nitrogen and oxygen atoms in total. The van der Waals surface area contributed by atoms with E-state index in [0.29, 0.717) is 0 Å². The molecule has 0 aliphatic rings. The first-order valence-corrected chi connectivity index (χ1v) is 12.5. The van der Waals surface area contributed by atoms with Gasteiger partial charge in [0.05, 0.1) is 12.3 Å². The fourth-order valence-electron chi connectivity index (χ4n) is 3.92. The number of rotatable bonds is 14. The van der Waals surface area contributed by atoms with E-state index in [1.54, 1.807) is 0 Å². The van der Waals surface area contributed by atoms with Crippen molar-refractivity contribution in [2.75, 3.05) is 6.61 Å². The van der Waals surface area contributed by atoms with Crippen LogP contribution in [0.5, 0.6) is 5.75 Å². The van der Waals surface area contributed by atoms with E-state index >= 15 is 0 Å². The minimum atomic E-state index is 0.793. The van der Waals surface area contributed by atoms with Crippen LogP contribution < -0.4 is 4.74 Å². The number of ether oxygens (including phenoxy) is 1. The number of benzene rings is 2. The molecule has 0 spiro atoms. The number of pyridine rings is 1. The van der Waals surface area contributed by atoms with E-state index in [0.717, 1.165) is 42.9 Å². The lowest BCUT2D eigenvalue weighted by Gasteiger charge is -2.08. The molecule has 0 atom stereocenters. The van der Waals surface area contributed by atoms with Gasteiger partial charge in [-0.15, -0.1) is 0 Å². The van der Waals surface area contributed by atoms with Crippen LogP contribution in [0.15, 0.2) is 66.9 Å². The zero-order chi connectivity index (χ0) is 22.4. The molecule has 0 aliphatic heterocycles. The van der Waals surface area contributed by atoms with Gasteiger partial charge in [0.1, 0.15) is 5.75 Å². The molecule has 0 aliphatic carbocycles. The zero-order valence-electron chi connectivity index (χ0n) is 20.0. The van der Waals surface area contributed by atoms with Crippen molar-refractivity contribution in [1.29, 1.82) is 0 Å². The summed E-state index contributed by atoms with van der Waals surface area (Å²) in [5, 5.41) is 0. The van der Waals surface area contributed by atoms with Crippen molar-refractivity contribution in [2.45, 2.75) is 78.1 Å². The van der Waals surface area contributed by atoms with Gasteiger partial charge in [-0.05, 0) is 79.1 Å². The van der Waals surface area contributed by atoms with Gasteiger partial charge in [0.25, 0.3) is 0 Å². The highest BCUT2D eigenvalue weighted by Gasteiger charge is 2.03. The van der Waals surface area contributed by atoms with Gasteiger partial charge in [-0.3, -0.25) is 4.98 Å². The maximum absolute atomic E-state index is 5.81. The van der Waals surface area contributed by atoms with Crippen molar-refractivity contribution in [3.8, 4) is 17.0 Å². The Morgan fingerprint density at radius 3 is 1.88 bits per heavy atom. The standard InChI is InChI=1S/C30H39NO/c1-3-5-7-8-10-25-11-13-26(14-12-25)15-16-27-17-22-30(31-24-27)28-18-20-29(21-19-28)32-23-9-6-4-2/h11-14,17-22,24H,3-10,15-16,23H2,1-2H3. The summed E-state index contributed by atoms with van der Waals surface area (Å²) in [6.45, 7) is 5.27. The third kappa shape index (κ3) is 8.15. The van der Waals surface area contributed by atoms with Gasteiger partial charge in [-0.25, -0.2) is 0 Å². The summed E-state index contributed by atoms with van der Waals surface area (Å²) < 4.78 is 5.81. The highest BCUT2D eigenvalue weighted by molar-refractivity contribution is 5.60. The lowest BCUT2D eigenvalue weighted by atomic mass is 10.0. The Labute approximate surface area is 195 Å². The smallest absolute Gasteiger partial charge is 0.119 e. The van der Waals surface area contributed by atoms with Crippen molar-refractivity contribution < 1.29 is 4.74 Å².